The molecule has 126 valence electrons. The minimum absolute atomic E-state index is 0. The normalized spacial score (nSPS) is 17.7. The first kappa shape index (κ1) is 17.0. The lowest BCUT2D eigenvalue weighted by Crippen LogP contribution is -2.33. The van der Waals surface area contributed by atoms with E-state index >= 15 is 0 Å². The smallest absolute Gasteiger partial charge is 0.138 e. The van der Waals surface area contributed by atoms with Gasteiger partial charge in [-0.3, -0.25) is 0 Å². The highest BCUT2D eigenvalue weighted by molar-refractivity contribution is 5.85. The molecule has 4 rings (SSSR count). The molecule has 1 aliphatic heterocycles. The molecule has 1 aliphatic rings. The third kappa shape index (κ3) is 3.18. The van der Waals surface area contributed by atoms with E-state index < -0.39 is 0 Å². The first-order valence-corrected chi connectivity index (χ1v) is 8.10. The van der Waals surface area contributed by atoms with E-state index in [4.69, 9.17) is 9.72 Å². The van der Waals surface area contributed by atoms with E-state index in [1.54, 1.807) is 0 Å². The van der Waals surface area contributed by atoms with Gasteiger partial charge in [0.25, 0.3) is 0 Å². The van der Waals surface area contributed by atoms with E-state index in [0.717, 1.165) is 42.1 Å². The lowest BCUT2D eigenvalue weighted by atomic mass is 10.1. The topological polar surface area (TPSA) is 49.9 Å². The van der Waals surface area contributed by atoms with Crippen molar-refractivity contribution in [3.05, 3.63) is 53.1 Å². The molecule has 0 amide bonds. The molecule has 1 unspecified atom stereocenters. The number of fused-ring (bicyclic) bond motifs is 1. The zero-order valence-electron chi connectivity index (χ0n) is 13.9. The Kier molecular flexibility index (Phi) is 4.90. The predicted octanol–water partition coefficient (Wildman–Crippen LogP) is 3.93. The highest BCUT2D eigenvalue weighted by atomic mass is 35.5. The van der Waals surface area contributed by atoms with Gasteiger partial charge in [0.05, 0.1) is 23.7 Å². The molecule has 1 aromatic heterocycles. The number of aromatic nitrogens is 2. The Morgan fingerprint density at radius 3 is 2.54 bits per heavy atom. The van der Waals surface area contributed by atoms with Crippen molar-refractivity contribution in [3.63, 3.8) is 0 Å². The van der Waals surface area contributed by atoms with Gasteiger partial charge in [-0.05, 0) is 42.7 Å². The minimum Gasteiger partial charge on any atom is -0.371 e. The molecule has 4 nitrogen and oxygen atoms in total. The summed E-state index contributed by atoms with van der Waals surface area (Å²) in [5.74, 6) is 0.916. The average molecular weight is 344 g/mol. The van der Waals surface area contributed by atoms with E-state index in [1.165, 1.54) is 16.7 Å². The van der Waals surface area contributed by atoms with Crippen molar-refractivity contribution < 1.29 is 4.74 Å². The summed E-state index contributed by atoms with van der Waals surface area (Å²) in [7, 11) is 0. The predicted molar refractivity (Wildman–Crippen MR) is 99.8 cm³/mol. The third-order valence-electron chi connectivity index (χ3n) is 4.58. The summed E-state index contributed by atoms with van der Waals surface area (Å²) in [6.45, 7) is 6.84. The molecule has 2 heterocycles. The maximum absolute atomic E-state index is 5.80. The fraction of sp³-hybridized carbons (Fsp3) is 0.316. The van der Waals surface area contributed by atoms with Crippen LogP contribution < -0.4 is 5.32 Å². The van der Waals surface area contributed by atoms with Gasteiger partial charge < -0.3 is 15.0 Å². The summed E-state index contributed by atoms with van der Waals surface area (Å²) < 4.78 is 5.80. The molecule has 1 fully saturated rings. The summed E-state index contributed by atoms with van der Waals surface area (Å²) in [5, 5.41) is 3.36. The number of aromatic amines is 1. The number of aryl methyl sites for hydroxylation is 2. The Morgan fingerprint density at radius 1 is 1.08 bits per heavy atom. The number of halogens is 1. The third-order valence-corrected chi connectivity index (χ3v) is 4.58. The Hall–Kier alpha value is -1.88. The monoisotopic (exact) mass is 343 g/mol. The zero-order chi connectivity index (χ0) is 15.8. The largest absolute Gasteiger partial charge is 0.371 e. The van der Waals surface area contributed by atoms with Crippen LogP contribution in [0.3, 0.4) is 0 Å². The van der Waals surface area contributed by atoms with Crippen LogP contribution in [-0.2, 0) is 4.74 Å². The van der Waals surface area contributed by atoms with Crippen LogP contribution in [0.4, 0.5) is 0 Å². The Labute approximate surface area is 148 Å². The average Bonchev–Trinajstić information content (AvgIpc) is 2.99. The van der Waals surface area contributed by atoms with Gasteiger partial charge >= 0.3 is 0 Å². The first-order chi connectivity index (χ1) is 11.2. The van der Waals surface area contributed by atoms with Gasteiger partial charge in [0, 0.05) is 18.7 Å². The van der Waals surface area contributed by atoms with Crippen molar-refractivity contribution in [1.29, 1.82) is 0 Å². The fourth-order valence-corrected chi connectivity index (χ4v) is 3.04. The number of ether oxygens (including phenoxy) is 1. The number of H-pyrrole nitrogens is 1. The van der Waals surface area contributed by atoms with Gasteiger partial charge in [-0.1, -0.05) is 24.3 Å². The van der Waals surface area contributed by atoms with Crippen molar-refractivity contribution in [2.45, 2.75) is 20.0 Å². The maximum Gasteiger partial charge on any atom is 0.138 e. The van der Waals surface area contributed by atoms with E-state index in [0.29, 0.717) is 0 Å². The van der Waals surface area contributed by atoms with Gasteiger partial charge in [0.1, 0.15) is 5.82 Å². The number of imidazole rings is 1. The molecule has 0 bridgehead atoms. The van der Waals surface area contributed by atoms with Crippen LogP contribution in [0, 0.1) is 13.8 Å². The second kappa shape index (κ2) is 6.93. The van der Waals surface area contributed by atoms with Gasteiger partial charge in [-0.2, -0.15) is 0 Å². The second-order valence-corrected chi connectivity index (χ2v) is 6.22. The molecule has 3 aromatic rings. The first-order valence-electron chi connectivity index (χ1n) is 8.10. The standard InChI is InChI=1S/C19H21N3O.ClH/c1-12-9-16-17(10-13(12)2)22-19(21-16)15-5-3-14(4-6-15)18-11-20-7-8-23-18;/h3-6,9-10,18,20H,7-8,11H2,1-2H3,(H,21,22);1H. The maximum atomic E-state index is 5.80. The lowest BCUT2D eigenvalue weighted by molar-refractivity contribution is 0.0277. The molecule has 5 heteroatoms. The van der Waals surface area contributed by atoms with Crippen molar-refractivity contribution in [2.24, 2.45) is 0 Å². The van der Waals surface area contributed by atoms with E-state index in [2.05, 4.69) is 60.5 Å². The highest BCUT2D eigenvalue weighted by Crippen LogP contribution is 2.25. The SMILES string of the molecule is Cc1cc2nc(-c3ccc(C4CNCCO4)cc3)[nH]c2cc1C.Cl. The van der Waals surface area contributed by atoms with Gasteiger partial charge in [0.2, 0.25) is 0 Å². The van der Waals surface area contributed by atoms with Crippen molar-refractivity contribution in [3.8, 4) is 11.4 Å². The van der Waals surface area contributed by atoms with Crippen molar-refractivity contribution >= 4 is 23.4 Å². The number of rotatable bonds is 2. The molecule has 0 saturated carbocycles. The Bertz CT molecular complexity index is 797. The van der Waals surface area contributed by atoms with Gasteiger partial charge in [0.15, 0.2) is 0 Å². The van der Waals surface area contributed by atoms with Crippen LogP contribution in [0.15, 0.2) is 36.4 Å². The summed E-state index contributed by atoms with van der Waals surface area (Å²) >= 11 is 0. The van der Waals surface area contributed by atoms with E-state index in [1.807, 2.05) is 0 Å². The molecular formula is C19H22ClN3O. The number of morpholine rings is 1. The fourth-order valence-electron chi connectivity index (χ4n) is 3.04. The summed E-state index contributed by atoms with van der Waals surface area (Å²) in [5.41, 5.74) is 6.98. The molecule has 0 aliphatic carbocycles. The van der Waals surface area contributed by atoms with Gasteiger partial charge in [-0.25, -0.2) is 4.98 Å². The summed E-state index contributed by atoms with van der Waals surface area (Å²) in [6.07, 6.45) is 0.152. The molecular weight excluding hydrogens is 322 g/mol. The number of benzene rings is 2. The molecule has 1 atom stereocenters. The van der Waals surface area contributed by atoms with Crippen LogP contribution in [0.2, 0.25) is 0 Å². The Balaban J connectivity index is 0.00000169. The quantitative estimate of drug-likeness (QED) is 0.741. The molecule has 0 spiro atoms. The Morgan fingerprint density at radius 2 is 1.83 bits per heavy atom. The molecule has 1 saturated heterocycles. The van der Waals surface area contributed by atoms with Crippen molar-refractivity contribution in [1.82, 2.24) is 15.3 Å². The van der Waals surface area contributed by atoms with Crippen LogP contribution >= 0.6 is 12.4 Å². The minimum atomic E-state index is 0. The zero-order valence-corrected chi connectivity index (χ0v) is 14.7. The van der Waals surface area contributed by atoms with E-state index in [9.17, 15) is 0 Å². The number of nitrogens with one attached hydrogen (secondary N) is 2. The lowest BCUT2D eigenvalue weighted by Gasteiger charge is -2.24. The summed E-state index contributed by atoms with van der Waals surface area (Å²) in [4.78, 5) is 8.15. The molecule has 24 heavy (non-hydrogen) atoms. The molecule has 0 radical (unpaired) electrons. The van der Waals surface area contributed by atoms with Crippen LogP contribution in [0.1, 0.15) is 22.8 Å². The van der Waals surface area contributed by atoms with E-state index in [-0.39, 0.29) is 18.5 Å². The highest BCUT2D eigenvalue weighted by Gasteiger charge is 2.15. The number of hydrogen-bond donors (Lipinski definition) is 2. The van der Waals surface area contributed by atoms with Crippen LogP contribution in [-0.4, -0.2) is 29.7 Å². The molecule has 2 aromatic carbocycles. The second-order valence-electron chi connectivity index (χ2n) is 6.22. The van der Waals surface area contributed by atoms with Crippen LogP contribution in [0.25, 0.3) is 22.4 Å². The molecule has 2 N–H and O–H groups in total. The number of hydrogen-bond acceptors (Lipinski definition) is 3. The number of nitrogens with zero attached hydrogens (tertiary/aromatic N) is 1. The van der Waals surface area contributed by atoms with Crippen LogP contribution in [0.5, 0.6) is 0 Å². The summed E-state index contributed by atoms with van der Waals surface area (Å²) in [6, 6.07) is 12.8. The van der Waals surface area contributed by atoms with Gasteiger partial charge in [-0.15, -0.1) is 12.4 Å². The van der Waals surface area contributed by atoms with Crippen molar-refractivity contribution in [2.75, 3.05) is 19.7 Å².